The molecule has 2 fully saturated rings. The van der Waals surface area contributed by atoms with Gasteiger partial charge in [0.15, 0.2) is 0 Å². The van der Waals surface area contributed by atoms with E-state index in [0.717, 1.165) is 19.5 Å². The summed E-state index contributed by atoms with van der Waals surface area (Å²) in [5, 5.41) is 12.5. The maximum Gasteiger partial charge on any atom is 0.239 e. The molecule has 2 saturated heterocycles. The first kappa shape index (κ1) is 11.9. The van der Waals surface area contributed by atoms with Gasteiger partial charge in [0.1, 0.15) is 0 Å². The Hall–Kier alpha value is -0.610. The second-order valence-corrected chi connectivity index (χ2v) is 5.88. The smallest absolute Gasteiger partial charge is 0.239 e. The van der Waals surface area contributed by atoms with Gasteiger partial charge in [-0.05, 0) is 24.7 Å². The SMILES string of the molecule is CC1(C)CCCN(C(=O)C2CC(O)CN2)C1. The van der Waals surface area contributed by atoms with Crippen LogP contribution in [0.3, 0.4) is 0 Å². The topological polar surface area (TPSA) is 52.6 Å². The molecular weight excluding hydrogens is 204 g/mol. The van der Waals surface area contributed by atoms with E-state index in [4.69, 9.17) is 0 Å². The number of carbonyl (C=O) groups excluding carboxylic acids is 1. The quantitative estimate of drug-likeness (QED) is 0.678. The maximum atomic E-state index is 12.2. The van der Waals surface area contributed by atoms with Crippen molar-refractivity contribution in [2.24, 2.45) is 5.41 Å². The number of rotatable bonds is 1. The predicted octanol–water partition coefficient (Wildman–Crippen LogP) is 0.358. The Morgan fingerprint density at radius 3 is 2.81 bits per heavy atom. The molecule has 0 aromatic heterocycles. The Morgan fingerprint density at radius 1 is 1.50 bits per heavy atom. The largest absolute Gasteiger partial charge is 0.392 e. The standard InChI is InChI=1S/C12H22N2O2/c1-12(2)4-3-5-14(8-12)11(16)10-6-9(15)7-13-10/h9-10,13,15H,3-8H2,1-2H3. The average Bonchev–Trinajstić information content (AvgIpc) is 2.62. The van der Waals surface area contributed by atoms with Crippen LogP contribution < -0.4 is 5.32 Å². The van der Waals surface area contributed by atoms with Crippen molar-refractivity contribution >= 4 is 5.91 Å². The van der Waals surface area contributed by atoms with E-state index in [1.54, 1.807) is 0 Å². The van der Waals surface area contributed by atoms with Gasteiger partial charge in [-0.25, -0.2) is 0 Å². The van der Waals surface area contributed by atoms with Crippen molar-refractivity contribution in [3.8, 4) is 0 Å². The second kappa shape index (κ2) is 4.34. The first-order valence-electron chi connectivity index (χ1n) is 6.18. The number of carbonyl (C=O) groups is 1. The first-order chi connectivity index (χ1) is 7.48. The summed E-state index contributed by atoms with van der Waals surface area (Å²) in [4.78, 5) is 14.1. The minimum absolute atomic E-state index is 0.163. The predicted molar refractivity (Wildman–Crippen MR) is 62.0 cm³/mol. The third-order valence-electron chi connectivity index (χ3n) is 3.62. The molecule has 2 rings (SSSR count). The van der Waals surface area contributed by atoms with Crippen LogP contribution in [0.1, 0.15) is 33.1 Å². The highest BCUT2D eigenvalue weighted by molar-refractivity contribution is 5.82. The fraction of sp³-hybridized carbons (Fsp3) is 0.917. The summed E-state index contributed by atoms with van der Waals surface area (Å²) >= 11 is 0. The lowest BCUT2D eigenvalue weighted by Crippen LogP contribution is -2.49. The van der Waals surface area contributed by atoms with Gasteiger partial charge in [0.25, 0.3) is 0 Å². The molecule has 4 heteroatoms. The lowest BCUT2D eigenvalue weighted by Gasteiger charge is -2.39. The molecular formula is C12H22N2O2. The first-order valence-corrected chi connectivity index (χ1v) is 6.18. The molecule has 1 amide bonds. The molecule has 0 bridgehead atoms. The normalized spacial score (nSPS) is 34.1. The number of nitrogens with one attached hydrogen (secondary N) is 1. The molecule has 2 heterocycles. The van der Waals surface area contributed by atoms with E-state index < -0.39 is 0 Å². The van der Waals surface area contributed by atoms with Gasteiger partial charge in [0.2, 0.25) is 5.91 Å². The van der Waals surface area contributed by atoms with Gasteiger partial charge in [-0.2, -0.15) is 0 Å². The molecule has 0 aromatic rings. The summed E-state index contributed by atoms with van der Waals surface area (Å²) in [5.41, 5.74) is 0.241. The number of hydrogen-bond donors (Lipinski definition) is 2. The summed E-state index contributed by atoms with van der Waals surface area (Å²) in [6.45, 7) is 6.69. The van der Waals surface area contributed by atoms with Crippen LogP contribution in [0.25, 0.3) is 0 Å². The summed E-state index contributed by atoms with van der Waals surface area (Å²) in [6, 6.07) is -0.163. The van der Waals surface area contributed by atoms with Crippen LogP contribution in [-0.4, -0.2) is 47.7 Å². The fourth-order valence-electron chi connectivity index (χ4n) is 2.74. The van der Waals surface area contributed by atoms with Crippen molar-refractivity contribution in [2.45, 2.75) is 45.3 Å². The Labute approximate surface area is 97.0 Å². The van der Waals surface area contributed by atoms with Gasteiger partial charge in [-0.3, -0.25) is 4.79 Å². The Morgan fingerprint density at radius 2 is 2.25 bits per heavy atom. The van der Waals surface area contributed by atoms with Gasteiger partial charge >= 0.3 is 0 Å². The van der Waals surface area contributed by atoms with Crippen molar-refractivity contribution in [3.63, 3.8) is 0 Å². The number of amides is 1. The fourth-order valence-corrected chi connectivity index (χ4v) is 2.74. The van der Waals surface area contributed by atoms with E-state index in [-0.39, 0.29) is 23.5 Å². The zero-order valence-electron chi connectivity index (χ0n) is 10.2. The maximum absolute atomic E-state index is 12.2. The van der Waals surface area contributed by atoms with E-state index in [1.165, 1.54) is 6.42 Å². The summed E-state index contributed by atoms with van der Waals surface area (Å²) in [7, 11) is 0. The van der Waals surface area contributed by atoms with Crippen LogP contribution in [0.2, 0.25) is 0 Å². The lowest BCUT2D eigenvalue weighted by molar-refractivity contribution is -0.136. The highest BCUT2D eigenvalue weighted by Crippen LogP contribution is 2.29. The Kier molecular flexibility index (Phi) is 3.22. The van der Waals surface area contributed by atoms with E-state index in [1.807, 2.05) is 4.90 Å². The van der Waals surface area contributed by atoms with Gasteiger partial charge in [0.05, 0.1) is 12.1 Å². The molecule has 2 aliphatic heterocycles. The van der Waals surface area contributed by atoms with Crippen molar-refractivity contribution < 1.29 is 9.90 Å². The van der Waals surface area contributed by atoms with Crippen LogP contribution >= 0.6 is 0 Å². The molecule has 2 aliphatic rings. The summed E-state index contributed by atoms with van der Waals surface area (Å²) in [6.07, 6.45) is 2.49. The lowest BCUT2D eigenvalue weighted by atomic mass is 9.84. The molecule has 4 nitrogen and oxygen atoms in total. The van der Waals surface area contributed by atoms with Crippen LogP contribution in [-0.2, 0) is 4.79 Å². The number of β-amino-alcohol motifs (C(OH)–C–C–N with tert-alkyl or cyclic N) is 1. The summed E-state index contributed by atoms with van der Waals surface area (Å²) < 4.78 is 0. The van der Waals surface area contributed by atoms with E-state index in [0.29, 0.717) is 13.0 Å². The van der Waals surface area contributed by atoms with E-state index >= 15 is 0 Å². The van der Waals surface area contributed by atoms with Crippen LogP contribution in [0.15, 0.2) is 0 Å². The number of aliphatic hydroxyl groups is 1. The van der Waals surface area contributed by atoms with Crippen LogP contribution in [0.4, 0.5) is 0 Å². The third kappa shape index (κ3) is 2.55. The van der Waals surface area contributed by atoms with Crippen LogP contribution in [0, 0.1) is 5.41 Å². The molecule has 0 aromatic carbocycles. The van der Waals surface area contributed by atoms with Crippen LogP contribution in [0.5, 0.6) is 0 Å². The molecule has 2 N–H and O–H groups in total. The zero-order chi connectivity index (χ0) is 11.8. The van der Waals surface area contributed by atoms with Gasteiger partial charge in [0, 0.05) is 19.6 Å². The van der Waals surface area contributed by atoms with E-state index in [9.17, 15) is 9.90 Å². The van der Waals surface area contributed by atoms with Crippen molar-refractivity contribution in [1.82, 2.24) is 10.2 Å². The van der Waals surface area contributed by atoms with Crippen molar-refractivity contribution in [1.29, 1.82) is 0 Å². The van der Waals surface area contributed by atoms with Gasteiger partial charge in [-0.1, -0.05) is 13.8 Å². The van der Waals surface area contributed by atoms with Crippen molar-refractivity contribution in [3.05, 3.63) is 0 Å². The Bertz CT molecular complexity index is 278. The minimum Gasteiger partial charge on any atom is -0.392 e. The molecule has 2 atom stereocenters. The number of nitrogens with zero attached hydrogens (tertiary/aromatic N) is 1. The second-order valence-electron chi connectivity index (χ2n) is 5.88. The molecule has 0 radical (unpaired) electrons. The Balaban J connectivity index is 1.94. The number of likely N-dealkylation sites (tertiary alicyclic amines) is 1. The zero-order valence-corrected chi connectivity index (χ0v) is 10.2. The summed E-state index contributed by atoms with van der Waals surface area (Å²) in [5.74, 6) is 0.171. The number of piperidine rings is 1. The minimum atomic E-state index is -0.355. The van der Waals surface area contributed by atoms with E-state index in [2.05, 4.69) is 19.2 Å². The van der Waals surface area contributed by atoms with Gasteiger partial charge < -0.3 is 15.3 Å². The molecule has 16 heavy (non-hydrogen) atoms. The average molecular weight is 226 g/mol. The monoisotopic (exact) mass is 226 g/mol. The third-order valence-corrected chi connectivity index (χ3v) is 3.62. The highest BCUT2D eigenvalue weighted by Gasteiger charge is 2.35. The van der Waals surface area contributed by atoms with Crippen molar-refractivity contribution in [2.75, 3.05) is 19.6 Å². The molecule has 2 unspecified atom stereocenters. The number of aliphatic hydroxyl groups excluding tert-OH is 1. The van der Waals surface area contributed by atoms with Gasteiger partial charge in [-0.15, -0.1) is 0 Å². The number of hydrogen-bond acceptors (Lipinski definition) is 3. The molecule has 92 valence electrons. The molecule has 0 spiro atoms. The molecule has 0 saturated carbocycles. The molecule has 0 aliphatic carbocycles. The highest BCUT2D eigenvalue weighted by atomic mass is 16.3.